The molecule has 0 saturated carbocycles. The van der Waals surface area contributed by atoms with Gasteiger partial charge in [-0.1, -0.05) is 13.8 Å². The van der Waals surface area contributed by atoms with E-state index in [1.807, 2.05) is 7.05 Å². The molecule has 0 radical (unpaired) electrons. The number of rotatable bonds is 3. The number of pyridine rings is 1. The van der Waals surface area contributed by atoms with Crippen LogP contribution < -0.4 is 4.57 Å². The van der Waals surface area contributed by atoms with Gasteiger partial charge < -0.3 is 4.55 Å². The minimum Gasteiger partial charge on any atom is -0.726 e. The number of nitrogens with zero attached hydrogens (tertiary/aromatic N) is 1. The highest BCUT2D eigenvalue weighted by atomic mass is 32.3. The summed E-state index contributed by atoms with van der Waals surface area (Å²) in [5.74, 6) is 0.691. The van der Waals surface area contributed by atoms with Crippen molar-refractivity contribution in [3.63, 3.8) is 0 Å². The molecule has 0 saturated heterocycles. The van der Waals surface area contributed by atoms with Gasteiger partial charge in [-0.25, -0.2) is 13.0 Å². The van der Waals surface area contributed by atoms with Crippen molar-refractivity contribution in [3.05, 3.63) is 30.1 Å². The third kappa shape index (κ3) is 7.84. The second-order valence-corrected chi connectivity index (χ2v) is 4.83. The molecule has 1 aromatic heterocycles. The molecule has 0 N–H and O–H groups in total. The summed E-state index contributed by atoms with van der Waals surface area (Å²) in [6, 6.07) is 4.38. The molecule has 6 heteroatoms. The van der Waals surface area contributed by atoms with Crippen molar-refractivity contribution in [2.75, 3.05) is 7.11 Å². The first-order valence-electron chi connectivity index (χ1n) is 5.26. The van der Waals surface area contributed by atoms with Gasteiger partial charge >= 0.3 is 0 Å². The third-order valence-electron chi connectivity index (χ3n) is 2.39. The van der Waals surface area contributed by atoms with Crippen LogP contribution >= 0.6 is 0 Å². The number of hydrogen-bond acceptors (Lipinski definition) is 4. The predicted molar refractivity (Wildman–Crippen MR) is 63.0 cm³/mol. The minimum absolute atomic E-state index is 0.691. The van der Waals surface area contributed by atoms with Gasteiger partial charge in [-0.05, 0) is 17.9 Å². The number of hydrogen-bond donors (Lipinski definition) is 0. The highest BCUT2D eigenvalue weighted by Crippen LogP contribution is 2.15. The first kappa shape index (κ1) is 16.0. The molecule has 1 unspecified atom stereocenters. The molecule has 0 amide bonds. The Balaban J connectivity index is 0.000000366. The van der Waals surface area contributed by atoms with Gasteiger partial charge in [0.25, 0.3) is 0 Å². The summed E-state index contributed by atoms with van der Waals surface area (Å²) >= 11 is 0. The van der Waals surface area contributed by atoms with Crippen molar-refractivity contribution < 1.29 is 21.7 Å². The zero-order valence-electron chi connectivity index (χ0n) is 10.6. The van der Waals surface area contributed by atoms with Gasteiger partial charge in [0.05, 0.1) is 7.11 Å². The minimum atomic E-state index is -4.41. The van der Waals surface area contributed by atoms with Crippen LogP contribution in [0.15, 0.2) is 24.5 Å². The van der Waals surface area contributed by atoms with E-state index in [0.717, 1.165) is 7.11 Å². The van der Waals surface area contributed by atoms with Crippen LogP contribution in [0.3, 0.4) is 0 Å². The predicted octanol–water partition coefficient (Wildman–Crippen LogP) is 1.12. The van der Waals surface area contributed by atoms with E-state index in [1.165, 1.54) is 12.0 Å². The highest BCUT2D eigenvalue weighted by Gasteiger charge is 2.02. The number of aromatic nitrogens is 1. The molecule has 1 heterocycles. The summed E-state index contributed by atoms with van der Waals surface area (Å²) in [6.45, 7) is 4.48. The van der Waals surface area contributed by atoms with Crippen LogP contribution in [0.5, 0.6) is 0 Å². The van der Waals surface area contributed by atoms with E-state index in [4.69, 9.17) is 0 Å². The van der Waals surface area contributed by atoms with E-state index >= 15 is 0 Å². The lowest BCUT2D eigenvalue weighted by Gasteiger charge is -2.05. The van der Waals surface area contributed by atoms with Crippen LogP contribution in [0.1, 0.15) is 31.7 Å². The van der Waals surface area contributed by atoms with E-state index in [2.05, 4.69) is 47.1 Å². The standard InChI is InChI=1S/C10H16N.CH4O4S/c1-4-9(2)10-5-7-11(3)8-6-10;1-5-6(2,3)4/h5-9H,4H2,1-3H3;1H3,(H,2,3,4)/q+1;/p-1. The van der Waals surface area contributed by atoms with Crippen LogP contribution in [0, 0.1) is 0 Å². The molecule has 0 aliphatic heterocycles. The van der Waals surface area contributed by atoms with Crippen LogP contribution in [0.25, 0.3) is 0 Å². The first-order chi connectivity index (χ1) is 7.80. The van der Waals surface area contributed by atoms with Crippen molar-refractivity contribution in [3.8, 4) is 0 Å². The van der Waals surface area contributed by atoms with Crippen LogP contribution in [-0.2, 0) is 21.6 Å². The average molecular weight is 261 g/mol. The summed E-state index contributed by atoms with van der Waals surface area (Å²) in [7, 11) is -1.56. The lowest BCUT2D eigenvalue weighted by atomic mass is 10.0. The van der Waals surface area contributed by atoms with Crippen LogP contribution in [0.2, 0.25) is 0 Å². The SMILES string of the molecule is CCC(C)c1cc[n+](C)cc1.COS(=O)(=O)[O-]. The van der Waals surface area contributed by atoms with Crippen molar-refractivity contribution >= 4 is 10.4 Å². The molecule has 17 heavy (non-hydrogen) atoms. The van der Waals surface area contributed by atoms with E-state index < -0.39 is 10.4 Å². The summed E-state index contributed by atoms with van der Waals surface area (Å²) in [5.41, 5.74) is 1.44. The Bertz CT molecular complexity index is 414. The Morgan fingerprint density at radius 2 is 1.82 bits per heavy atom. The molecular weight excluding hydrogens is 242 g/mol. The average Bonchev–Trinajstić information content (AvgIpc) is 2.29. The molecular formula is C11H19NO4S. The largest absolute Gasteiger partial charge is 0.726 e. The summed E-state index contributed by atoms with van der Waals surface area (Å²) in [6.07, 6.45) is 5.41. The van der Waals surface area contributed by atoms with Crippen molar-refractivity contribution in [2.45, 2.75) is 26.2 Å². The first-order valence-corrected chi connectivity index (χ1v) is 6.60. The highest BCUT2D eigenvalue weighted by molar-refractivity contribution is 7.80. The summed E-state index contributed by atoms with van der Waals surface area (Å²) in [4.78, 5) is 0. The number of aryl methyl sites for hydroxylation is 1. The molecule has 0 bridgehead atoms. The Morgan fingerprint density at radius 3 is 2.12 bits per heavy atom. The lowest BCUT2D eigenvalue weighted by molar-refractivity contribution is -0.671. The van der Waals surface area contributed by atoms with Gasteiger partial charge in [0, 0.05) is 12.1 Å². The molecule has 1 atom stereocenters. The zero-order chi connectivity index (χ0) is 13.5. The maximum atomic E-state index is 9.22. The van der Waals surface area contributed by atoms with E-state index in [9.17, 15) is 13.0 Å². The molecule has 98 valence electrons. The summed E-state index contributed by atoms with van der Waals surface area (Å²) in [5, 5.41) is 0. The topological polar surface area (TPSA) is 70.3 Å². The molecule has 0 spiro atoms. The lowest BCUT2D eigenvalue weighted by Crippen LogP contribution is -2.26. The third-order valence-corrected chi connectivity index (χ3v) is 2.80. The van der Waals surface area contributed by atoms with Crippen molar-refractivity contribution in [1.29, 1.82) is 0 Å². The maximum absolute atomic E-state index is 9.22. The van der Waals surface area contributed by atoms with E-state index in [1.54, 1.807) is 0 Å². The Hall–Kier alpha value is -0.980. The van der Waals surface area contributed by atoms with Gasteiger partial charge in [0.2, 0.25) is 10.4 Å². The van der Waals surface area contributed by atoms with Gasteiger partial charge in [0.1, 0.15) is 7.05 Å². The van der Waals surface area contributed by atoms with Crippen molar-refractivity contribution in [1.82, 2.24) is 0 Å². The smallest absolute Gasteiger partial charge is 0.217 e. The fourth-order valence-electron chi connectivity index (χ4n) is 1.08. The van der Waals surface area contributed by atoms with Crippen LogP contribution in [-0.4, -0.2) is 20.1 Å². The second kappa shape index (κ2) is 7.37. The summed E-state index contributed by atoms with van der Waals surface area (Å²) < 4.78 is 33.1. The zero-order valence-corrected chi connectivity index (χ0v) is 11.4. The molecule has 0 aliphatic carbocycles. The Morgan fingerprint density at radius 1 is 1.41 bits per heavy atom. The Kier molecular flexibility index (Phi) is 6.94. The molecule has 0 aromatic carbocycles. The molecule has 0 aliphatic rings. The molecule has 1 aromatic rings. The van der Waals surface area contributed by atoms with E-state index in [0.29, 0.717) is 5.92 Å². The molecule has 5 nitrogen and oxygen atoms in total. The van der Waals surface area contributed by atoms with Gasteiger partial charge in [-0.3, -0.25) is 4.18 Å². The molecule has 1 rings (SSSR count). The monoisotopic (exact) mass is 261 g/mol. The normalized spacial score (nSPS) is 12.5. The van der Waals surface area contributed by atoms with E-state index in [-0.39, 0.29) is 0 Å². The van der Waals surface area contributed by atoms with Crippen molar-refractivity contribution in [2.24, 2.45) is 7.05 Å². The maximum Gasteiger partial charge on any atom is 0.217 e. The fourth-order valence-corrected chi connectivity index (χ4v) is 1.08. The van der Waals surface area contributed by atoms with Crippen LogP contribution in [0.4, 0.5) is 0 Å². The van der Waals surface area contributed by atoms with Gasteiger partial charge in [-0.15, -0.1) is 0 Å². The second-order valence-electron chi connectivity index (χ2n) is 3.68. The van der Waals surface area contributed by atoms with Gasteiger partial charge in [0.15, 0.2) is 12.4 Å². The Labute approximate surface area is 103 Å². The quantitative estimate of drug-likeness (QED) is 0.464. The fraction of sp³-hybridized carbons (Fsp3) is 0.545. The molecule has 0 fully saturated rings. The van der Waals surface area contributed by atoms with Gasteiger partial charge in [-0.2, -0.15) is 0 Å².